The summed E-state index contributed by atoms with van der Waals surface area (Å²) in [6.07, 6.45) is 3.25. The number of rotatable bonds is 3. The zero-order valence-corrected chi connectivity index (χ0v) is 14.8. The first-order chi connectivity index (χ1) is 11.2. The fourth-order valence-corrected chi connectivity index (χ4v) is 4.77. The number of primary sulfonamides is 1. The number of aliphatic hydroxyl groups excluding tert-OH is 1. The third-order valence-electron chi connectivity index (χ3n) is 5.60. The third kappa shape index (κ3) is 3.20. The number of aliphatic hydroxyl groups is 1. The summed E-state index contributed by atoms with van der Waals surface area (Å²) < 4.78 is 23.1. The van der Waals surface area contributed by atoms with Crippen LogP contribution in [0, 0.1) is 18.8 Å². The van der Waals surface area contributed by atoms with Gasteiger partial charge in [0.2, 0.25) is 10.0 Å². The number of amides is 1. The maximum atomic E-state index is 12.9. The Morgan fingerprint density at radius 1 is 1.21 bits per heavy atom. The number of hydrogen-bond acceptors (Lipinski definition) is 4. The molecule has 3 N–H and O–H groups in total. The molecule has 1 amide bonds. The first-order valence-electron chi connectivity index (χ1n) is 8.25. The van der Waals surface area contributed by atoms with Crippen molar-refractivity contribution in [1.82, 2.24) is 4.90 Å². The maximum absolute atomic E-state index is 12.9. The van der Waals surface area contributed by atoms with Crippen LogP contribution in [0.5, 0.6) is 0 Å². The lowest BCUT2D eigenvalue weighted by molar-refractivity contribution is 0.0721. The summed E-state index contributed by atoms with van der Waals surface area (Å²) in [6, 6.07) is 4.53. The van der Waals surface area contributed by atoms with E-state index in [0.717, 1.165) is 31.2 Å². The summed E-state index contributed by atoms with van der Waals surface area (Å²) in [5, 5.41) is 14.9. The van der Waals surface area contributed by atoms with Crippen LogP contribution in [0.2, 0.25) is 0 Å². The van der Waals surface area contributed by atoms with E-state index in [4.69, 9.17) is 5.14 Å². The van der Waals surface area contributed by atoms with Crippen LogP contribution in [0.3, 0.4) is 0 Å². The fraction of sp³-hybridized carbons (Fsp3) is 0.588. The average Bonchev–Trinajstić information content (AvgIpc) is 3.02. The highest BCUT2D eigenvalue weighted by Crippen LogP contribution is 2.45. The molecule has 1 aromatic rings. The van der Waals surface area contributed by atoms with E-state index >= 15 is 0 Å². The van der Waals surface area contributed by atoms with E-state index in [9.17, 15) is 18.3 Å². The van der Waals surface area contributed by atoms with E-state index in [1.807, 2.05) is 0 Å². The van der Waals surface area contributed by atoms with Crippen LogP contribution < -0.4 is 5.14 Å². The topological polar surface area (TPSA) is 101 Å². The Bertz CT molecular complexity index is 748. The molecule has 0 bridgehead atoms. The summed E-state index contributed by atoms with van der Waals surface area (Å²) in [6.45, 7) is 1.79. The van der Waals surface area contributed by atoms with Crippen molar-refractivity contribution in [3.63, 3.8) is 0 Å². The lowest BCUT2D eigenvalue weighted by Crippen LogP contribution is -2.36. The lowest BCUT2D eigenvalue weighted by atomic mass is 10.0. The largest absolute Gasteiger partial charge is 0.393 e. The highest BCUT2D eigenvalue weighted by Gasteiger charge is 2.43. The van der Waals surface area contributed by atoms with Gasteiger partial charge in [0, 0.05) is 18.7 Å². The number of aryl methyl sites for hydroxylation is 1. The molecule has 4 atom stereocenters. The predicted octanol–water partition coefficient (Wildman–Crippen LogP) is 1.26. The summed E-state index contributed by atoms with van der Waals surface area (Å²) in [5.41, 5.74) is 1.11. The highest BCUT2D eigenvalue weighted by molar-refractivity contribution is 7.89. The Balaban J connectivity index is 1.80. The van der Waals surface area contributed by atoms with E-state index in [1.165, 1.54) is 12.1 Å². The molecule has 2 aliphatic rings. The molecular weight excluding hydrogens is 328 g/mol. The summed E-state index contributed by atoms with van der Waals surface area (Å²) in [4.78, 5) is 14.5. The molecule has 0 radical (unpaired) electrons. The molecule has 0 aromatic heterocycles. The molecule has 1 aromatic carbocycles. The SMILES string of the molecule is Cc1ccc(S(N)(=O)=O)cc1C(=O)N(C)C1C[C@H]2CC(O)C[C@H]2C1. The molecule has 0 spiro atoms. The quantitative estimate of drug-likeness (QED) is 0.855. The van der Waals surface area contributed by atoms with Gasteiger partial charge in [-0.2, -0.15) is 0 Å². The van der Waals surface area contributed by atoms with E-state index in [2.05, 4.69) is 0 Å². The van der Waals surface area contributed by atoms with Crippen LogP contribution in [-0.2, 0) is 10.0 Å². The van der Waals surface area contributed by atoms with Gasteiger partial charge in [-0.1, -0.05) is 6.07 Å². The van der Waals surface area contributed by atoms with Crippen LogP contribution in [-0.4, -0.2) is 43.5 Å². The molecule has 7 heteroatoms. The molecule has 2 aliphatic carbocycles. The minimum Gasteiger partial charge on any atom is -0.393 e. The highest BCUT2D eigenvalue weighted by atomic mass is 32.2. The standard InChI is InChI=1S/C17H24N2O4S/c1-10-3-4-15(24(18,22)23)9-16(10)17(21)19(2)13-5-11-7-14(20)8-12(11)6-13/h3-4,9,11-14,20H,5-8H2,1-2H3,(H2,18,22,23)/t11-,12+,13?,14?. The molecule has 0 saturated heterocycles. The van der Waals surface area contributed by atoms with Crippen molar-refractivity contribution in [1.29, 1.82) is 0 Å². The van der Waals surface area contributed by atoms with Gasteiger partial charge in [-0.15, -0.1) is 0 Å². The van der Waals surface area contributed by atoms with Crippen molar-refractivity contribution >= 4 is 15.9 Å². The molecule has 2 unspecified atom stereocenters. The van der Waals surface area contributed by atoms with Crippen LogP contribution in [0.1, 0.15) is 41.6 Å². The van der Waals surface area contributed by atoms with Gasteiger partial charge < -0.3 is 10.0 Å². The zero-order chi connectivity index (χ0) is 17.6. The van der Waals surface area contributed by atoms with Crippen LogP contribution in [0.15, 0.2) is 23.1 Å². The average molecular weight is 352 g/mol. The number of carbonyl (C=O) groups excluding carboxylic acids is 1. The Kier molecular flexibility index (Phi) is 4.44. The number of nitrogens with zero attached hydrogens (tertiary/aromatic N) is 1. The normalized spacial score (nSPS) is 29.5. The first-order valence-corrected chi connectivity index (χ1v) is 9.80. The second-order valence-electron chi connectivity index (χ2n) is 7.21. The van der Waals surface area contributed by atoms with Gasteiger partial charge in [0.05, 0.1) is 11.0 Å². The Morgan fingerprint density at radius 2 is 1.79 bits per heavy atom. The molecule has 3 rings (SSSR count). The predicted molar refractivity (Wildman–Crippen MR) is 89.9 cm³/mol. The Morgan fingerprint density at radius 3 is 2.33 bits per heavy atom. The Labute approximate surface area is 142 Å². The van der Waals surface area contributed by atoms with Gasteiger partial charge in [-0.25, -0.2) is 13.6 Å². The lowest BCUT2D eigenvalue weighted by Gasteiger charge is -2.26. The number of hydrogen-bond donors (Lipinski definition) is 2. The maximum Gasteiger partial charge on any atom is 0.254 e. The van der Waals surface area contributed by atoms with E-state index in [0.29, 0.717) is 17.4 Å². The van der Waals surface area contributed by atoms with Crippen molar-refractivity contribution in [2.24, 2.45) is 17.0 Å². The second-order valence-corrected chi connectivity index (χ2v) is 8.77. The summed E-state index contributed by atoms with van der Waals surface area (Å²) in [7, 11) is -2.07. The van der Waals surface area contributed by atoms with E-state index in [1.54, 1.807) is 24.9 Å². The molecule has 2 saturated carbocycles. The van der Waals surface area contributed by atoms with Crippen molar-refractivity contribution in [3.8, 4) is 0 Å². The van der Waals surface area contributed by atoms with Crippen LogP contribution in [0.25, 0.3) is 0 Å². The molecule has 0 aliphatic heterocycles. The number of nitrogens with two attached hydrogens (primary N) is 1. The van der Waals surface area contributed by atoms with Crippen LogP contribution in [0.4, 0.5) is 0 Å². The van der Waals surface area contributed by atoms with Gasteiger partial charge in [0.1, 0.15) is 0 Å². The molecule has 24 heavy (non-hydrogen) atoms. The third-order valence-corrected chi connectivity index (χ3v) is 6.51. The smallest absolute Gasteiger partial charge is 0.254 e. The van der Waals surface area contributed by atoms with Crippen molar-refractivity contribution < 1.29 is 18.3 Å². The summed E-state index contributed by atoms with van der Waals surface area (Å²) in [5.74, 6) is 0.790. The van der Waals surface area contributed by atoms with E-state index < -0.39 is 10.0 Å². The van der Waals surface area contributed by atoms with Gasteiger partial charge in [-0.3, -0.25) is 4.79 Å². The Hall–Kier alpha value is -1.44. The van der Waals surface area contributed by atoms with Crippen molar-refractivity contribution in [2.45, 2.75) is 49.6 Å². The van der Waals surface area contributed by atoms with Crippen LogP contribution >= 0.6 is 0 Å². The van der Waals surface area contributed by atoms with Gasteiger partial charge in [0.15, 0.2) is 0 Å². The number of benzene rings is 1. The van der Waals surface area contributed by atoms with Gasteiger partial charge in [0.25, 0.3) is 5.91 Å². The minimum atomic E-state index is -3.84. The molecule has 2 fully saturated rings. The molecule has 132 valence electrons. The fourth-order valence-electron chi connectivity index (χ4n) is 4.23. The van der Waals surface area contributed by atoms with E-state index in [-0.39, 0.29) is 22.9 Å². The van der Waals surface area contributed by atoms with Crippen molar-refractivity contribution in [2.75, 3.05) is 7.05 Å². The number of carbonyl (C=O) groups is 1. The second kappa shape index (κ2) is 6.13. The molecular formula is C17H24N2O4S. The zero-order valence-electron chi connectivity index (χ0n) is 14.0. The van der Waals surface area contributed by atoms with Crippen molar-refractivity contribution in [3.05, 3.63) is 29.3 Å². The summed E-state index contributed by atoms with van der Waals surface area (Å²) >= 11 is 0. The minimum absolute atomic E-state index is 0.0451. The monoisotopic (exact) mass is 352 g/mol. The molecule has 6 nitrogen and oxygen atoms in total. The number of fused-ring (bicyclic) bond motifs is 1. The van der Waals surface area contributed by atoms with Gasteiger partial charge >= 0.3 is 0 Å². The molecule has 0 heterocycles. The number of sulfonamides is 1. The first kappa shape index (κ1) is 17.4. The van der Waals surface area contributed by atoms with Gasteiger partial charge in [-0.05, 0) is 62.1 Å².